The van der Waals surface area contributed by atoms with Crippen molar-refractivity contribution >= 4 is 23.2 Å². The monoisotopic (exact) mass is 262 g/mol. The lowest BCUT2D eigenvalue weighted by Gasteiger charge is -2.06. The summed E-state index contributed by atoms with van der Waals surface area (Å²) < 4.78 is 5.21. The minimum Gasteiger partial charge on any atom is -0.444 e. The minimum atomic E-state index is 0.0563. The fourth-order valence-electron chi connectivity index (χ4n) is 1.75. The van der Waals surface area contributed by atoms with Crippen LogP contribution in [0.3, 0.4) is 0 Å². The molecule has 0 atom stereocenters. The maximum Gasteiger partial charge on any atom is 0.227 e. The largest absolute Gasteiger partial charge is 0.444 e. The summed E-state index contributed by atoms with van der Waals surface area (Å²) >= 11 is 6.03. The first kappa shape index (κ1) is 11.3. The summed E-state index contributed by atoms with van der Waals surface area (Å²) in [4.78, 5) is 15.6. The smallest absolute Gasteiger partial charge is 0.227 e. The summed E-state index contributed by atoms with van der Waals surface area (Å²) in [5.41, 5.74) is 1.48. The van der Waals surface area contributed by atoms with Crippen LogP contribution >= 0.6 is 11.6 Å². The Labute approximate surface area is 109 Å². The van der Waals surface area contributed by atoms with Gasteiger partial charge in [0.15, 0.2) is 12.2 Å². The van der Waals surface area contributed by atoms with E-state index in [0.717, 1.165) is 18.4 Å². The molecule has 0 radical (unpaired) electrons. The second-order valence-electron chi connectivity index (χ2n) is 4.36. The van der Waals surface area contributed by atoms with Crippen LogP contribution in [0.5, 0.6) is 0 Å². The molecule has 5 heteroatoms. The molecule has 0 bridgehead atoms. The van der Waals surface area contributed by atoms with Crippen LogP contribution in [0, 0.1) is 5.92 Å². The molecular formula is C13H11ClN2O2. The molecule has 18 heavy (non-hydrogen) atoms. The fourth-order valence-corrected chi connectivity index (χ4v) is 1.99. The van der Waals surface area contributed by atoms with Crippen LogP contribution in [-0.2, 0) is 4.79 Å². The molecule has 1 N–H and O–H groups in total. The van der Waals surface area contributed by atoms with Gasteiger partial charge in [-0.3, -0.25) is 4.79 Å². The Bertz CT molecular complexity index is 577. The van der Waals surface area contributed by atoms with Crippen molar-refractivity contribution in [3.8, 4) is 11.3 Å². The van der Waals surface area contributed by atoms with Gasteiger partial charge in [0, 0.05) is 22.2 Å². The predicted molar refractivity (Wildman–Crippen MR) is 68.3 cm³/mol. The van der Waals surface area contributed by atoms with E-state index in [2.05, 4.69) is 10.3 Å². The molecule has 1 heterocycles. The van der Waals surface area contributed by atoms with Gasteiger partial charge in [-0.05, 0) is 31.0 Å². The number of halogens is 1. The minimum absolute atomic E-state index is 0.0563. The third-order valence-electron chi connectivity index (χ3n) is 2.83. The van der Waals surface area contributed by atoms with Crippen molar-refractivity contribution in [3.05, 3.63) is 35.8 Å². The highest BCUT2D eigenvalue weighted by molar-refractivity contribution is 6.31. The quantitative estimate of drug-likeness (QED) is 0.923. The number of rotatable bonds is 3. The van der Waals surface area contributed by atoms with Gasteiger partial charge in [0.1, 0.15) is 0 Å². The number of oxazole rings is 1. The van der Waals surface area contributed by atoms with E-state index in [4.69, 9.17) is 16.0 Å². The third kappa shape index (κ3) is 2.38. The highest BCUT2D eigenvalue weighted by Gasteiger charge is 2.29. The van der Waals surface area contributed by atoms with Crippen molar-refractivity contribution in [2.75, 3.05) is 5.32 Å². The molecular weight excluding hydrogens is 252 g/mol. The average molecular weight is 263 g/mol. The lowest BCUT2D eigenvalue weighted by molar-refractivity contribution is -0.117. The maximum absolute atomic E-state index is 11.7. The molecule has 1 aromatic heterocycles. The summed E-state index contributed by atoms with van der Waals surface area (Å²) in [5.74, 6) is 0.845. The standard InChI is InChI=1S/C13H11ClN2O2/c14-10-3-9(12-6-15-7-18-12)4-11(5-10)16-13(17)8-1-2-8/h3-8H,1-2H2,(H,16,17). The molecule has 1 aliphatic rings. The van der Waals surface area contributed by atoms with E-state index in [1.807, 2.05) is 6.07 Å². The van der Waals surface area contributed by atoms with Gasteiger partial charge in [0.25, 0.3) is 0 Å². The van der Waals surface area contributed by atoms with Crippen LogP contribution in [0.4, 0.5) is 5.69 Å². The Morgan fingerprint density at radius 2 is 2.22 bits per heavy atom. The number of aromatic nitrogens is 1. The lowest BCUT2D eigenvalue weighted by atomic mass is 10.1. The fraction of sp³-hybridized carbons (Fsp3) is 0.231. The Morgan fingerprint density at radius 1 is 1.39 bits per heavy atom. The molecule has 1 fully saturated rings. The summed E-state index contributed by atoms with van der Waals surface area (Å²) in [6, 6.07) is 5.32. The van der Waals surface area contributed by atoms with Gasteiger partial charge < -0.3 is 9.73 Å². The van der Waals surface area contributed by atoms with Crippen LogP contribution in [0.25, 0.3) is 11.3 Å². The number of hydrogen-bond donors (Lipinski definition) is 1. The highest BCUT2D eigenvalue weighted by atomic mass is 35.5. The van der Waals surface area contributed by atoms with Crippen LogP contribution in [0.15, 0.2) is 35.2 Å². The van der Waals surface area contributed by atoms with Crippen molar-refractivity contribution in [2.24, 2.45) is 5.92 Å². The number of nitrogens with one attached hydrogen (secondary N) is 1. The molecule has 2 aromatic rings. The van der Waals surface area contributed by atoms with Crippen molar-refractivity contribution in [1.82, 2.24) is 4.98 Å². The Hall–Kier alpha value is -1.81. The number of anilines is 1. The Balaban J connectivity index is 1.88. The van der Waals surface area contributed by atoms with Gasteiger partial charge in [-0.25, -0.2) is 4.98 Å². The van der Waals surface area contributed by atoms with E-state index >= 15 is 0 Å². The second-order valence-corrected chi connectivity index (χ2v) is 4.79. The summed E-state index contributed by atoms with van der Waals surface area (Å²) in [5, 5.41) is 3.41. The molecule has 0 spiro atoms. The van der Waals surface area contributed by atoms with E-state index in [1.165, 1.54) is 6.39 Å². The van der Waals surface area contributed by atoms with E-state index < -0.39 is 0 Å². The first-order chi connectivity index (χ1) is 8.72. The zero-order chi connectivity index (χ0) is 12.5. The van der Waals surface area contributed by atoms with E-state index in [0.29, 0.717) is 16.5 Å². The molecule has 92 valence electrons. The summed E-state index contributed by atoms with van der Waals surface area (Å²) in [6.45, 7) is 0. The van der Waals surface area contributed by atoms with Gasteiger partial charge in [-0.1, -0.05) is 11.6 Å². The van der Waals surface area contributed by atoms with E-state index in [9.17, 15) is 4.79 Å². The molecule has 1 amide bonds. The van der Waals surface area contributed by atoms with Crippen LogP contribution in [0.1, 0.15) is 12.8 Å². The number of nitrogens with zero attached hydrogens (tertiary/aromatic N) is 1. The number of hydrogen-bond acceptors (Lipinski definition) is 3. The third-order valence-corrected chi connectivity index (χ3v) is 3.05. The summed E-state index contributed by atoms with van der Waals surface area (Å²) in [7, 11) is 0. The van der Waals surface area contributed by atoms with Gasteiger partial charge >= 0.3 is 0 Å². The molecule has 1 aromatic carbocycles. The molecule has 0 aliphatic heterocycles. The first-order valence-electron chi connectivity index (χ1n) is 5.73. The van der Waals surface area contributed by atoms with E-state index in [-0.39, 0.29) is 11.8 Å². The number of benzene rings is 1. The zero-order valence-corrected chi connectivity index (χ0v) is 10.3. The predicted octanol–water partition coefficient (Wildman–Crippen LogP) is 3.34. The molecule has 4 nitrogen and oxygen atoms in total. The first-order valence-corrected chi connectivity index (χ1v) is 6.10. The molecule has 1 aliphatic carbocycles. The Kier molecular flexibility index (Phi) is 2.80. The van der Waals surface area contributed by atoms with Crippen molar-refractivity contribution in [1.29, 1.82) is 0 Å². The van der Waals surface area contributed by atoms with Crippen LogP contribution in [0.2, 0.25) is 5.02 Å². The molecule has 3 rings (SSSR count). The number of carbonyl (C=O) groups is 1. The van der Waals surface area contributed by atoms with Crippen LogP contribution < -0.4 is 5.32 Å². The SMILES string of the molecule is O=C(Nc1cc(Cl)cc(-c2cnco2)c1)C1CC1. The highest BCUT2D eigenvalue weighted by Crippen LogP contribution is 2.32. The summed E-state index contributed by atoms with van der Waals surface area (Å²) in [6.07, 6.45) is 4.92. The lowest BCUT2D eigenvalue weighted by Crippen LogP contribution is -2.13. The molecule has 0 unspecified atom stereocenters. The van der Waals surface area contributed by atoms with Crippen molar-refractivity contribution < 1.29 is 9.21 Å². The molecule has 1 saturated carbocycles. The normalized spacial score (nSPS) is 14.5. The number of carbonyl (C=O) groups excluding carboxylic acids is 1. The average Bonchev–Trinajstić information content (AvgIpc) is 3.04. The topological polar surface area (TPSA) is 55.1 Å². The molecule has 0 saturated heterocycles. The second kappa shape index (κ2) is 4.46. The van der Waals surface area contributed by atoms with Crippen molar-refractivity contribution in [2.45, 2.75) is 12.8 Å². The van der Waals surface area contributed by atoms with Gasteiger partial charge in [-0.2, -0.15) is 0 Å². The van der Waals surface area contributed by atoms with E-state index in [1.54, 1.807) is 18.3 Å². The maximum atomic E-state index is 11.7. The van der Waals surface area contributed by atoms with Gasteiger partial charge in [0.05, 0.1) is 6.20 Å². The van der Waals surface area contributed by atoms with Gasteiger partial charge in [-0.15, -0.1) is 0 Å². The van der Waals surface area contributed by atoms with Crippen molar-refractivity contribution in [3.63, 3.8) is 0 Å². The zero-order valence-electron chi connectivity index (χ0n) is 9.52. The van der Waals surface area contributed by atoms with Gasteiger partial charge in [0.2, 0.25) is 5.91 Å². The number of amides is 1. The van der Waals surface area contributed by atoms with Crippen LogP contribution in [-0.4, -0.2) is 10.9 Å². The Morgan fingerprint density at radius 3 is 2.89 bits per heavy atom.